The molecule has 3 N–H and O–H groups in total. The molecular formula is C32H36N4O6. The molecule has 0 aliphatic carbocycles. The van der Waals surface area contributed by atoms with E-state index in [1.165, 1.54) is 21.0 Å². The van der Waals surface area contributed by atoms with Crippen LogP contribution in [-0.4, -0.2) is 55.2 Å². The van der Waals surface area contributed by atoms with E-state index in [0.717, 1.165) is 34.6 Å². The molecule has 0 saturated carbocycles. The third-order valence-electron chi connectivity index (χ3n) is 7.15. The normalized spacial score (nSPS) is 15.9. The summed E-state index contributed by atoms with van der Waals surface area (Å²) in [6.07, 6.45) is 3.51. The zero-order chi connectivity index (χ0) is 30.0. The predicted octanol–water partition coefficient (Wildman–Crippen LogP) is 3.12. The number of amides is 3. The lowest BCUT2D eigenvalue weighted by atomic mass is 9.96. The lowest BCUT2D eigenvalue weighted by molar-refractivity contribution is -0.204. The maximum Gasteiger partial charge on any atom is 0.279 e. The Morgan fingerprint density at radius 1 is 0.976 bits per heavy atom. The summed E-state index contributed by atoms with van der Waals surface area (Å²) >= 11 is 0. The molecule has 2 heterocycles. The number of hydrogen-bond donors (Lipinski definition) is 3. The first kappa shape index (κ1) is 30.5. The van der Waals surface area contributed by atoms with Crippen LogP contribution in [0.3, 0.4) is 0 Å². The van der Waals surface area contributed by atoms with E-state index < -0.39 is 29.6 Å². The van der Waals surface area contributed by atoms with Crippen molar-refractivity contribution >= 4 is 17.7 Å². The van der Waals surface area contributed by atoms with Crippen molar-refractivity contribution in [1.82, 2.24) is 21.0 Å². The van der Waals surface area contributed by atoms with Gasteiger partial charge >= 0.3 is 0 Å². The SMILES string of the molecule is CNC(=O)[C@@](C)(C(=O)NOC1CCCCO1)N(C)C(=O)c1ccc(C#Cc2ccc(CNCc3ccco3)cc2)cc1. The number of benzene rings is 2. The van der Waals surface area contributed by atoms with Gasteiger partial charge in [0.15, 0.2) is 11.8 Å². The number of nitrogens with one attached hydrogen (secondary N) is 3. The Morgan fingerprint density at radius 3 is 2.26 bits per heavy atom. The van der Waals surface area contributed by atoms with Gasteiger partial charge in [0.2, 0.25) is 0 Å². The number of carbonyl (C=O) groups is 3. The van der Waals surface area contributed by atoms with Crippen molar-refractivity contribution in [2.75, 3.05) is 20.7 Å². The van der Waals surface area contributed by atoms with Gasteiger partial charge in [-0.15, -0.1) is 0 Å². The van der Waals surface area contributed by atoms with Crippen LogP contribution in [0.15, 0.2) is 71.3 Å². The second kappa shape index (κ2) is 14.5. The highest BCUT2D eigenvalue weighted by Gasteiger charge is 2.47. The highest BCUT2D eigenvalue weighted by molar-refractivity contribution is 6.12. The molecule has 3 amide bonds. The van der Waals surface area contributed by atoms with E-state index in [4.69, 9.17) is 14.0 Å². The Balaban J connectivity index is 1.36. The topological polar surface area (TPSA) is 122 Å². The van der Waals surface area contributed by atoms with Gasteiger partial charge in [0.1, 0.15) is 5.76 Å². The standard InChI is InChI=1S/C32H36N4O6/c1-32(30(38)33-2,31(39)35-42-28-8-4-5-19-41-28)36(3)29(37)26-17-15-24(16-18-26)10-9-23-11-13-25(14-12-23)21-34-22-27-7-6-20-40-27/h6-7,11-18,20,28,34H,4-5,8,19,21-22H2,1-3H3,(H,33,38)(H,35,39)/t28?,32-/m0/s1. The molecule has 2 aromatic carbocycles. The number of rotatable bonds is 10. The third kappa shape index (κ3) is 7.64. The third-order valence-corrected chi connectivity index (χ3v) is 7.15. The monoisotopic (exact) mass is 572 g/mol. The first-order valence-electron chi connectivity index (χ1n) is 13.8. The molecule has 0 radical (unpaired) electrons. The van der Waals surface area contributed by atoms with Crippen molar-refractivity contribution < 1.29 is 28.4 Å². The summed E-state index contributed by atoms with van der Waals surface area (Å²) in [5.41, 5.74) is 3.44. The number of nitrogens with zero attached hydrogens (tertiary/aromatic N) is 1. The van der Waals surface area contributed by atoms with E-state index in [0.29, 0.717) is 37.2 Å². The van der Waals surface area contributed by atoms with Crippen LogP contribution in [0.5, 0.6) is 0 Å². The average Bonchev–Trinajstić information content (AvgIpc) is 3.56. The minimum atomic E-state index is -1.88. The average molecular weight is 573 g/mol. The Bertz CT molecular complexity index is 1400. The van der Waals surface area contributed by atoms with Gasteiger partial charge in [-0.3, -0.25) is 14.4 Å². The Morgan fingerprint density at radius 2 is 1.67 bits per heavy atom. The summed E-state index contributed by atoms with van der Waals surface area (Å²) in [6.45, 7) is 3.26. The van der Waals surface area contributed by atoms with Crippen LogP contribution >= 0.6 is 0 Å². The molecule has 1 aromatic heterocycles. The summed E-state index contributed by atoms with van der Waals surface area (Å²) < 4.78 is 10.8. The van der Waals surface area contributed by atoms with Crippen molar-refractivity contribution in [2.24, 2.45) is 0 Å². The van der Waals surface area contributed by atoms with Crippen molar-refractivity contribution in [3.63, 3.8) is 0 Å². The van der Waals surface area contributed by atoms with Gasteiger partial charge in [-0.05, 0) is 73.9 Å². The minimum absolute atomic E-state index is 0.300. The predicted molar refractivity (Wildman–Crippen MR) is 155 cm³/mol. The Kier molecular flexibility index (Phi) is 10.5. The number of likely N-dealkylation sites (N-methyl/N-ethyl adjacent to an activating group) is 2. The van der Waals surface area contributed by atoms with Crippen molar-refractivity contribution in [3.05, 3.63) is 94.9 Å². The number of hydroxylamine groups is 1. The fraction of sp³-hybridized carbons (Fsp3) is 0.344. The summed E-state index contributed by atoms with van der Waals surface area (Å²) in [4.78, 5) is 45.7. The summed E-state index contributed by atoms with van der Waals surface area (Å²) in [6, 6.07) is 18.4. The lowest BCUT2D eigenvalue weighted by Gasteiger charge is -2.36. The zero-order valence-electron chi connectivity index (χ0n) is 24.1. The van der Waals surface area contributed by atoms with Gasteiger partial charge < -0.3 is 24.7 Å². The number of hydrogen-bond acceptors (Lipinski definition) is 7. The van der Waals surface area contributed by atoms with Crippen LogP contribution in [0, 0.1) is 11.8 Å². The summed E-state index contributed by atoms with van der Waals surface area (Å²) in [7, 11) is 2.80. The first-order valence-corrected chi connectivity index (χ1v) is 13.8. The summed E-state index contributed by atoms with van der Waals surface area (Å²) in [5, 5.41) is 5.80. The summed E-state index contributed by atoms with van der Waals surface area (Å²) in [5.74, 6) is 5.16. The van der Waals surface area contributed by atoms with Crippen LogP contribution < -0.4 is 16.1 Å². The van der Waals surface area contributed by atoms with E-state index in [1.54, 1.807) is 30.5 Å². The fourth-order valence-electron chi connectivity index (χ4n) is 4.36. The highest BCUT2D eigenvalue weighted by Crippen LogP contribution is 2.20. The van der Waals surface area contributed by atoms with Gasteiger partial charge in [0, 0.05) is 50.4 Å². The highest BCUT2D eigenvalue weighted by atomic mass is 16.8. The maximum atomic E-state index is 13.3. The van der Waals surface area contributed by atoms with Crippen LogP contribution in [0.25, 0.3) is 0 Å². The molecule has 3 aromatic rings. The maximum absolute atomic E-state index is 13.3. The molecule has 10 heteroatoms. The molecule has 1 aliphatic heterocycles. The lowest BCUT2D eigenvalue weighted by Crippen LogP contribution is -2.65. The van der Waals surface area contributed by atoms with Gasteiger partial charge in [0.25, 0.3) is 17.7 Å². The molecule has 1 saturated heterocycles. The van der Waals surface area contributed by atoms with Crippen LogP contribution in [0.2, 0.25) is 0 Å². The largest absolute Gasteiger partial charge is 0.468 e. The van der Waals surface area contributed by atoms with E-state index in [2.05, 4.69) is 28.0 Å². The van der Waals surface area contributed by atoms with Gasteiger partial charge in [0.05, 0.1) is 12.8 Å². The Hall–Kier alpha value is -4.43. The van der Waals surface area contributed by atoms with Crippen molar-refractivity contribution in [2.45, 2.75) is 51.1 Å². The molecule has 10 nitrogen and oxygen atoms in total. The van der Waals surface area contributed by atoms with E-state index in [1.807, 2.05) is 36.4 Å². The second-order valence-corrected chi connectivity index (χ2v) is 10.1. The van der Waals surface area contributed by atoms with Crippen molar-refractivity contribution in [3.8, 4) is 11.8 Å². The van der Waals surface area contributed by atoms with E-state index >= 15 is 0 Å². The molecule has 220 valence electrons. The van der Waals surface area contributed by atoms with E-state index in [9.17, 15) is 14.4 Å². The molecule has 1 fully saturated rings. The zero-order valence-corrected chi connectivity index (χ0v) is 24.1. The molecule has 42 heavy (non-hydrogen) atoms. The first-order chi connectivity index (χ1) is 20.3. The quantitative estimate of drug-likeness (QED) is 0.194. The van der Waals surface area contributed by atoms with Gasteiger partial charge in [-0.1, -0.05) is 24.0 Å². The molecule has 2 atom stereocenters. The van der Waals surface area contributed by atoms with Gasteiger partial charge in [-0.2, -0.15) is 0 Å². The molecular weight excluding hydrogens is 536 g/mol. The molecule has 0 spiro atoms. The smallest absolute Gasteiger partial charge is 0.279 e. The Labute approximate surface area is 245 Å². The van der Waals surface area contributed by atoms with Crippen LogP contribution in [-0.2, 0) is 32.3 Å². The molecule has 4 rings (SSSR count). The number of ether oxygens (including phenoxy) is 1. The second-order valence-electron chi connectivity index (χ2n) is 10.1. The molecule has 0 bridgehead atoms. The van der Waals surface area contributed by atoms with E-state index in [-0.39, 0.29) is 0 Å². The number of carbonyl (C=O) groups excluding carboxylic acids is 3. The molecule has 1 aliphatic rings. The van der Waals surface area contributed by atoms with Gasteiger partial charge in [-0.25, -0.2) is 10.3 Å². The van der Waals surface area contributed by atoms with Crippen LogP contribution in [0.4, 0.5) is 0 Å². The fourth-order valence-corrected chi connectivity index (χ4v) is 4.36. The number of furan rings is 1. The minimum Gasteiger partial charge on any atom is -0.468 e. The van der Waals surface area contributed by atoms with Crippen molar-refractivity contribution in [1.29, 1.82) is 0 Å². The molecule has 1 unspecified atom stereocenters. The van der Waals surface area contributed by atoms with Crippen LogP contribution in [0.1, 0.15) is 59.0 Å².